The number of hydrogen-bond donors (Lipinski definition) is 3. The van der Waals surface area contributed by atoms with Crippen LogP contribution in [-0.2, 0) is 11.3 Å². The Morgan fingerprint density at radius 2 is 2.26 bits per heavy atom. The first-order valence-corrected chi connectivity index (χ1v) is 7.35. The molecule has 0 amide bonds. The van der Waals surface area contributed by atoms with Crippen molar-refractivity contribution in [1.29, 1.82) is 0 Å². The van der Waals surface area contributed by atoms with Crippen LogP contribution in [-0.4, -0.2) is 34.2 Å². The molecule has 0 heterocycles. The first-order chi connectivity index (χ1) is 8.97. The summed E-state index contributed by atoms with van der Waals surface area (Å²) in [6.07, 6.45) is 2.29. The molecule has 1 aromatic carbocycles. The highest BCUT2D eigenvalue weighted by atomic mass is 35.5. The Morgan fingerprint density at radius 1 is 1.58 bits per heavy atom. The van der Waals surface area contributed by atoms with Crippen LogP contribution in [0.3, 0.4) is 0 Å². The van der Waals surface area contributed by atoms with Gasteiger partial charge in [-0.3, -0.25) is 4.79 Å². The van der Waals surface area contributed by atoms with Gasteiger partial charge >= 0.3 is 5.97 Å². The lowest BCUT2D eigenvalue weighted by atomic mass is 10.1. The Morgan fingerprint density at radius 3 is 2.84 bits per heavy atom. The third kappa shape index (κ3) is 4.56. The highest BCUT2D eigenvalue weighted by Gasteiger charge is 2.18. The van der Waals surface area contributed by atoms with E-state index in [4.69, 9.17) is 16.7 Å². The third-order valence-electron chi connectivity index (χ3n) is 2.61. The van der Waals surface area contributed by atoms with Crippen LogP contribution < -0.4 is 5.32 Å². The molecule has 106 valence electrons. The first-order valence-electron chi connectivity index (χ1n) is 5.58. The van der Waals surface area contributed by atoms with Gasteiger partial charge in [-0.25, -0.2) is 4.39 Å². The maximum Gasteiger partial charge on any atom is 0.320 e. The Labute approximate surface area is 120 Å². The number of benzene rings is 1. The van der Waals surface area contributed by atoms with Crippen molar-refractivity contribution in [3.63, 3.8) is 0 Å². The second kappa shape index (κ2) is 7.57. The summed E-state index contributed by atoms with van der Waals surface area (Å²) in [6.45, 7) is -0.0937. The standard InChI is InChI=1S/C12H15ClFNO3S/c1-19-5-4-9(12(17)18)15-6-7-10(16)3-2-8(13)11(7)14/h2-3,9,15-16H,4-6H2,1H3,(H,17,18)/t9-/m1/s1. The molecule has 19 heavy (non-hydrogen) atoms. The fraction of sp³-hybridized carbons (Fsp3) is 0.417. The van der Waals surface area contributed by atoms with Crippen molar-refractivity contribution in [2.24, 2.45) is 0 Å². The topological polar surface area (TPSA) is 69.6 Å². The highest BCUT2D eigenvalue weighted by Crippen LogP contribution is 2.26. The summed E-state index contributed by atoms with van der Waals surface area (Å²) in [4.78, 5) is 11.0. The second-order valence-corrected chi connectivity index (χ2v) is 5.31. The number of thioether (sulfide) groups is 1. The van der Waals surface area contributed by atoms with Gasteiger partial charge in [-0.05, 0) is 30.6 Å². The SMILES string of the molecule is CSCC[C@@H](NCc1c(O)ccc(Cl)c1F)C(=O)O. The Bertz CT molecular complexity index is 459. The van der Waals surface area contributed by atoms with E-state index in [2.05, 4.69) is 5.32 Å². The molecule has 0 bridgehead atoms. The molecule has 3 N–H and O–H groups in total. The Balaban J connectivity index is 2.74. The van der Waals surface area contributed by atoms with Gasteiger partial charge in [0, 0.05) is 12.1 Å². The van der Waals surface area contributed by atoms with Gasteiger partial charge in [-0.2, -0.15) is 11.8 Å². The number of phenolic OH excluding ortho intramolecular Hbond substituents is 1. The molecule has 0 aliphatic rings. The number of carboxylic acid groups (broad SMARTS) is 1. The molecule has 0 unspecified atom stereocenters. The number of nitrogens with one attached hydrogen (secondary N) is 1. The average molecular weight is 308 g/mol. The maximum absolute atomic E-state index is 13.7. The van der Waals surface area contributed by atoms with E-state index in [9.17, 15) is 14.3 Å². The van der Waals surface area contributed by atoms with Crippen LogP contribution in [0.1, 0.15) is 12.0 Å². The van der Waals surface area contributed by atoms with Crippen LogP contribution in [0, 0.1) is 5.82 Å². The zero-order valence-corrected chi connectivity index (χ0v) is 11.9. The molecule has 7 heteroatoms. The molecule has 0 spiro atoms. The number of carboxylic acids is 1. The van der Waals surface area contributed by atoms with Crippen LogP contribution in [0.2, 0.25) is 5.02 Å². The van der Waals surface area contributed by atoms with Crippen LogP contribution in [0.4, 0.5) is 4.39 Å². The highest BCUT2D eigenvalue weighted by molar-refractivity contribution is 7.98. The van der Waals surface area contributed by atoms with Crippen molar-refractivity contribution in [1.82, 2.24) is 5.32 Å². The molecule has 0 aliphatic heterocycles. The van der Waals surface area contributed by atoms with E-state index >= 15 is 0 Å². The second-order valence-electron chi connectivity index (χ2n) is 3.91. The van der Waals surface area contributed by atoms with E-state index in [1.807, 2.05) is 6.26 Å². The molecule has 0 saturated carbocycles. The van der Waals surface area contributed by atoms with E-state index in [0.717, 1.165) is 0 Å². The van der Waals surface area contributed by atoms with Gasteiger partial charge in [-0.1, -0.05) is 11.6 Å². The van der Waals surface area contributed by atoms with Gasteiger partial charge in [0.25, 0.3) is 0 Å². The van der Waals surface area contributed by atoms with Crippen molar-refractivity contribution in [3.05, 3.63) is 28.5 Å². The predicted octanol–water partition coefficient (Wildman–Crippen LogP) is 2.48. The summed E-state index contributed by atoms with van der Waals surface area (Å²) in [5.41, 5.74) is -0.0251. The van der Waals surface area contributed by atoms with E-state index in [0.29, 0.717) is 12.2 Å². The normalized spacial score (nSPS) is 12.4. The summed E-state index contributed by atoms with van der Waals surface area (Å²) >= 11 is 7.14. The number of phenols is 1. The van der Waals surface area contributed by atoms with Crippen LogP contribution in [0.15, 0.2) is 12.1 Å². The Hall–Kier alpha value is -0.980. The van der Waals surface area contributed by atoms with Crippen LogP contribution in [0.25, 0.3) is 0 Å². The quantitative estimate of drug-likeness (QED) is 0.722. The zero-order valence-electron chi connectivity index (χ0n) is 10.3. The van der Waals surface area contributed by atoms with Gasteiger partial charge in [0.05, 0.1) is 5.02 Å². The fourth-order valence-corrected chi connectivity index (χ4v) is 2.17. The van der Waals surface area contributed by atoms with Gasteiger partial charge in [-0.15, -0.1) is 0 Å². The maximum atomic E-state index is 13.7. The molecular formula is C12H15ClFNO3S. The average Bonchev–Trinajstić information content (AvgIpc) is 2.37. The number of carbonyl (C=O) groups is 1. The Kier molecular flexibility index (Phi) is 6.41. The summed E-state index contributed by atoms with van der Waals surface area (Å²) in [5.74, 6) is -1.31. The molecule has 0 radical (unpaired) electrons. The molecule has 0 aromatic heterocycles. The van der Waals surface area contributed by atoms with Crippen molar-refractivity contribution in [3.8, 4) is 5.75 Å². The third-order valence-corrected chi connectivity index (χ3v) is 3.54. The van der Waals surface area contributed by atoms with Gasteiger partial charge in [0.15, 0.2) is 0 Å². The summed E-state index contributed by atoms with van der Waals surface area (Å²) < 4.78 is 13.7. The van der Waals surface area contributed by atoms with E-state index in [1.165, 1.54) is 23.9 Å². The fourth-order valence-electron chi connectivity index (χ4n) is 1.52. The van der Waals surface area contributed by atoms with Gasteiger partial charge in [0.2, 0.25) is 0 Å². The van der Waals surface area contributed by atoms with E-state index in [1.54, 1.807) is 0 Å². The van der Waals surface area contributed by atoms with Crippen molar-refractivity contribution >= 4 is 29.3 Å². The number of rotatable bonds is 7. The predicted molar refractivity (Wildman–Crippen MR) is 74.3 cm³/mol. The minimum Gasteiger partial charge on any atom is -0.508 e. The lowest BCUT2D eigenvalue weighted by Crippen LogP contribution is -2.36. The largest absolute Gasteiger partial charge is 0.508 e. The summed E-state index contributed by atoms with van der Waals surface area (Å²) in [7, 11) is 0. The molecule has 1 atom stereocenters. The molecule has 0 fully saturated rings. The van der Waals surface area contributed by atoms with Gasteiger partial charge in [0.1, 0.15) is 17.6 Å². The molecule has 1 aromatic rings. The number of aliphatic carboxylic acids is 1. The smallest absolute Gasteiger partial charge is 0.320 e. The molecule has 0 saturated heterocycles. The number of aromatic hydroxyl groups is 1. The molecular weight excluding hydrogens is 293 g/mol. The minimum atomic E-state index is -1.00. The van der Waals surface area contributed by atoms with Crippen molar-refractivity contribution in [2.45, 2.75) is 19.0 Å². The number of halogens is 2. The molecule has 4 nitrogen and oxygen atoms in total. The van der Waals surface area contributed by atoms with E-state index in [-0.39, 0.29) is 22.9 Å². The van der Waals surface area contributed by atoms with Crippen LogP contribution in [0.5, 0.6) is 5.75 Å². The number of hydrogen-bond acceptors (Lipinski definition) is 4. The zero-order chi connectivity index (χ0) is 14.4. The molecule has 0 aliphatic carbocycles. The van der Waals surface area contributed by atoms with Gasteiger partial charge < -0.3 is 15.5 Å². The summed E-state index contributed by atoms with van der Waals surface area (Å²) in [6, 6.07) is 1.74. The first kappa shape index (κ1) is 16.1. The molecule has 1 rings (SSSR count). The van der Waals surface area contributed by atoms with Crippen LogP contribution >= 0.6 is 23.4 Å². The van der Waals surface area contributed by atoms with Crippen molar-refractivity contribution in [2.75, 3.05) is 12.0 Å². The minimum absolute atomic E-state index is 0.0251. The summed E-state index contributed by atoms with van der Waals surface area (Å²) in [5, 5.41) is 21.2. The lowest BCUT2D eigenvalue weighted by molar-refractivity contribution is -0.139. The lowest BCUT2D eigenvalue weighted by Gasteiger charge is -2.15. The monoisotopic (exact) mass is 307 g/mol. The van der Waals surface area contributed by atoms with Crippen molar-refractivity contribution < 1.29 is 19.4 Å². The van der Waals surface area contributed by atoms with E-state index < -0.39 is 17.8 Å².